The fraction of sp³-hybridized carbons (Fsp3) is 1.00. The van der Waals surface area contributed by atoms with Gasteiger partial charge in [0.2, 0.25) is 0 Å². The standard InChI is InChI=1S/C11H21N2/c1-2-4-10-13(9-3-1)11-5-7-12-8-6-11/h11H,1-10H2. The molecule has 2 fully saturated rings. The van der Waals surface area contributed by atoms with E-state index < -0.39 is 0 Å². The van der Waals surface area contributed by atoms with Crippen LogP contribution in [-0.2, 0) is 0 Å². The summed E-state index contributed by atoms with van der Waals surface area (Å²) < 4.78 is 0. The number of nitrogens with zero attached hydrogens (tertiary/aromatic N) is 2. The van der Waals surface area contributed by atoms with Crippen LogP contribution in [0.4, 0.5) is 0 Å². The Labute approximate surface area is 81.7 Å². The number of piperidine rings is 1. The lowest BCUT2D eigenvalue weighted by Gasteiger charge is -2.33. The van der Waals surface area contributed by atoms with Crippen LogP contribution in [-0.4, -0.2) is 37.1 Å². The van der Waals surface area contributed by atoms with Crippen molar-refractivity contribution in [2.45, 2.75) is 44.6 Å². The van der Waals surface area contributed by atoms with Gasteiger partial charge in [0.25, 0.3) is 0 Å². The minimum atomic E-state index is 0.871. The van der Waals surface area contributed by atoms with Crippen LogP contribution in [0.5, 0.6) is 0 Å². The first kappa shape index (κ1) is 9.47. The van der Waals surface area contributed by atoms with E-state index in [1.807, 2.05) is 0 Å². The Hall–Kier alpha value is -0.0800. The van der Waals surface area contributed by atoms with Crippen molar-refractivity contribution in [1.82, 2.24) is 10.2 Å². The maximum absolute atomic E-state index is 4.42. The third-order valence-corrected chi connectivity index (χ3v) is 3.40. The molecule has 2 saturated heterocycles. The second kappa shape index (κ2) is 4.97. The third kappa shape index (κ3) is 2.68. The van der Waals surface area contributed by atoms with Gasteiger partial charge in [0, 0.05) is 19.1 Å². The SMILES string of the molecule is C1CCCN(C2CC[N]CC2)CC1. The minimum Gasteiger partial charge on any atom is -0.300 e. The van der Waals surface area contributed by atoms with Crippen molar-refractivity contribution in [2.75, 3.05) is 26.2 Å². The second-order valence-corrected chi connectivity index (χ2v) is 4.35. The summed E-state index contributed by atoms with van der Waals surface area (Å²) in [6, 6.07) is 0.871. The highest BCUT2D eigenvalue weighted by atomic mass is 15.2. The summed E-state index contributed by atoms with van der Waals surface area (Å²) >= 11 is 0. The number of hydrogen-bond acceptors (Lipinski definition) is 1. The summed E-state index contributed by atoms with van der Waals surface area (Å²) in [5, 5.41) is 4.42. The molecule has 1 radical (unpaired) electrons. The van der Waals surface area contributed by atoms with E-state index in [1.165, 1.54) is 51.6 Å². The van der Waals surface area contributed by atoms with Crippen LogP contribution in [0.25, 0.3) is 0 Å². The molecule has 75 valence electrons. The molecule has 2 aliphatic rings. The van der Waals surface area contributed by atoms with Gasteiger partial charge in [-0.2, -0.15) is 0 Å². The lowest BCUT2D eigenvalue weighted by atomic mass is 10.0. The fourth-order valence-electron chi connectivity index (χ4n) is 2.56. The Kier molecular flexibility index (Phi) is 3.62. The average Bonchev–Trinajstić information content (AvgIpc) is 2.47. The van der Waals surface area contributed by atoms with Crippen molar-refractivity contribution < 1.29 is 0 Å². The van der Waals surface area contributed by atoms with Gasteiger partial charge in [-0.05, 0) is 38.8 Å². The molecular formula is C11H21N2. The summed E-state index contributed by atoms with van der Waals surface area (Å²) in [7, 11) is 0. The van der Waals surface area contributed by atoms with Gasteiger partial charge >= 0.3 is 0 Å². The van der Waals surface area contributed by atoms with E-state index in [9.17, 15) is 0 Å². The molecule has 0 aromatic heterocycles. The van der Waals surface area contributed by atoms with Gasteiger partial charge in [0.1, 0.15) is 0 Å². The molecule has 0 N–H and O–H groups in total. The fourth-order valence-corrected chi connectivity index (χ4v) is 2.56. The molecule has 0 amide bonds. The molecule has 0 bridgehead atoms. The first-order chi connectivity index (χ1) is 6.47. The van der Waals surface area contributed by atoms with Gasteiger partial charge < -0.3 is 4.90 Å². The van der Waals surface area contributed by atoms with Crippen LogP contribution in [0.2, 0.25) is 0 Å². The lowest BCUT2D eigenvalue weighted by molar-refractivity contribution is 0.167. The van der Waals surface area contributed by atoms with Crippen LogP contribution in [0, 0.1) is 0 Å². The zero-order valence-corrected chi connectivity index (χ0v) is 8.54. The molecule has 2 heterocycles. The number of rotatable bonds is 1. The number of likely N-dealkylation sites (tertiary alicyclic amines) is 1. The smallest absolute Gasteiger partial charge is 0.0148 e. The molecular weight excluding hydrogens is 160 g/mol. The van der Waals surface area contributed by atoms with E-state index in [4.69, 9.17) is 0 Å². The van der Waals surface area contributed by atoms with Gasteiger partial charge in [-0.15, -0.1) is 0 Å². The minimum absolute atomic E-state index is 0.871. The molecule has 0 aromatic rings. The maximum Gasteiger partial charge on any atom is 0.0148 e. The van der Waals surface area contributed by atoms with Crippen LogP contribution >= 0.6 is 0 Å². The summed E-state index contributed by atoms with van der Waals surface area (Å²) in [6.45, 7) is 4.93. The topological polar surface area (TPSA) is 17.3 Å². The van der Waals surface area contributed by atoms with Crippen LogP contribution in [0.1, 0.15) is 38.5 Å². The van der Waals surface area contributed by atoms with Crippen molar-refractivity contribution in [3.8, 4) is 0 Å². The quantitative estimate of drug-likeness (QED) is 0.601. The predicted octanol–water partition coefficient (Wildman–Crippen LogP) is 1.63. The van der Waals surface area contributed by atoms with E-state index >= 15 is 0 Å². The Morgan fingerprint density at radius 3 is 2.08 bits per heavy atom. The van der Waals surface area contributed by atoms with E-state index in [1.54, 1.807) is 0 Å². The zero-order valence-electron chi connectivity index (χ0n) is 8.54. The van der Waals surface area contributed by atoms with E-state index in [0.717, 1.165) is 19.1 Å². The molecule has 2 rings (SSSR count). The molecule has 0 aliphatic carbocycles. The van der Waals surface area contributed by atoms with Crippen molar-refractivity contribution >= 4 is 0 Å². The normalized spacial score (nSPS) is 28.6. The van der Waals surface area contributed by atoms with E-state index in [2.05, 4.69) is 10.2 Å². The van der Waals surface area contributed by atoms with Crippen LogP contribution in [0.3, 0.4) is 0 Å². The number of hydrogen-bond donors (Lipinski definition) is 0. The zero-order chi connectivity index (χ0) is 8.93. The molecule has 2 aliphatic heterocycles. The predicted molar refractivity (Wildman–Crippen MR) is 54.9 cm³/mol. The van der Waals surface area contributed by atoms with Crippen molar-refractivity contribution in [1.29, 1.82) is 0 Å². The van der Waals surface area contributed by atoms with Gasteiger partial charge in [0.15, 0.2) is 0 Å². The Morgan fingerprint density at radius 2 is 1.46 bits per heavy atom. The van der Waals surface area contributed by atoms with Crippen molar-refractivity contribution in [3.63, 3.8) is 0 Å². The molecule has 2 nitrogen and oxygen atoms in total. The van der Waals surface area contributed by atoms with E-state index in [0.29, 0.717) is 0 Å². The molecule has 0 unspecified atom stereocenters. The van der Waals surface area contributed by atoms with Crippen LogP contribution < -0.4 is 5.32 Å². The Bertz CT molecular complexity index is 133. The van der Waals surface area contributed by atoms with Crippen molar-refractivity contribution in [3.05, 3.63) is 0 Å². The summed E-state index contributed by atoms with van der Waals surface area (Å²) in [5.74, 6) is 0. The van der Waals surface area contributed by atoms with E-state index in [-0.39, 0.29) is 0 Å². The summed E-state index contributed by atoms with van der Waals surface area (Å²) in [4.78, 5) is 2.72. The summed E-state index contributed by atoms with van der Waals surface area (Å²) in [6.07, 6.45) is 8.39. The van der Waals surface area contributed by atoms with Crippen LogP contribution in [0.15, 0.2) is 0 Å². The maximum atomic E-state index is 4.42. The molecule has 13 heavy (non-hydrogen) atoms. The monoisotopic (exact) mass is 181 g/mol. The molecule has 0 saturated carbocycles. The average molecular weight is 181 g/mol. The highest BCUT2D eigenvalue weighted by Crippen LogP contribution is 2.17. The first-order valence-corrected chi connectivity index (χ1v) is 5.84. The second-order valence-electron chi connectivity index (χ2n) is 4.35. The lowest BCUT2D eigenvalue weighted by Crippen LogP contribution is -2.41. The third-order valence-electron chi connectivity index (χ3n) is 3.40. The molecule has 0 aromatic carbocycles. The highest BCUT2D eigenvalue weighted by Gasteiger charge is 2.21. The summed E-state index contributed by atoms with van der Waals surface area (Å²) in [5.41, 5.74) is 0. The van der Waals surface area contributed by atoms with Gasteiger partial charge in [0.05, 0.1) is 0 Å². The highest BCUT2D eigenvalue weighted by molar-refractivity contribution is 4.78. The van der Waals surface area contributed by atoms with Crippen molar-refractivity contribution in [2.24, 2.45) is 0 Å². The largest absolute Gasteiger partial charge is 0.300 e. The molecule has 0 atom stereocenters. The van der Waals surface area contributed by atoms with Gasteiger partial charge in [-0.1, -0.05) is 12.8 Å². The van der Waals surface area contributed by atoms with Gasteiger partial charge in [-0.3, -0.25) is 0 Å². The molecule has 0 spiro atoms. The Morgan fingerprint density at radius 1 is 0.846 bits per heavy atom. The van der Waals surface area contributed by atoms with Gasteiger partial charge in [-0.25, -0.2) is 5.32 Å². The first-order valence-electron chi connectivity index (χ1n) is 5.84. The molecule has 2 heteroatoms. The Balaban J connectivity index is 1.82.